The van der Waals surface area contributed by atoms with E-state index < -0.39 is 10.0 Å². The van der Waals surface area contributed by atoms with Crippen LogP contribution in [0.15, 0.2) is 53.4 Å². The molecule has 1 heterocycles. The van der Waals surface area contributed by atoms with Crippen molar-refractivity contribution >= 4 is 16.0 Å². The number of carbonyl (C=O) groups is 1. The van der Waals surface area contributed by atoms with Crippen LogP contribution in [0.4, 0.5) is 0 Å². The standard InChI is InChI=1S/C22H27NO6S/c1-3-28-20-8-10-21(11-9-20)30(25,26)23-14-12-18(13-15-23)22(24)29-16-17-4-6-19(27-2)7-5-17/h4-11,18H,3,12-16H2,1-2H3. The predicted octanol–water partition coefficient (Wildman–Crippen LogP) is 3.24. The van der Waals surface area contributed by atoms with E-state index in [1.807, 2.05) is 31.2 Å². The second kappa shape index (κ2) is 9.95. The van der Waals surface area contributed by atoms with Gasteiger partial charge >= 0.3 is 5.97 Å². The van der Waals surface area contributed by atoms with E-state index in [1.165, 1.54) is 4.31 Å². The van der Waals surface area contributed by atoms with Crippen LogP contribution in [0.5, 0.6) is 11.5 Å². The number of ether oxygens (including phenoxy) is 3. The summed E-state index contributed by atoms with van der Waals surface area (Å²) in [7, 11) is -2.00. The zero-order chi connectivity index (χ0) is 21.6. The maximum atomic E-state index is 12.9. The smallest absolute Gasteiger partial charge is 0.309 e. The van der Waals surface area contributed by atoms with Gasteiger partial charge < -0.3 is 14.2 Å². The van der Waals surface area contributed by atoms with Gasteiger partial charge in [-0.05, 0) is 61.7 Å². The highest BCUT2D eigenvalue weighted by molar-refractivity contribution is 7.89. The van der Waals surface area contributed by atoms with Crippen LogP contribution in [0.3, 0.4) is 0 Å². The van der Waals surface area contributed by atoms with Crippen molar-refractivity contribution in [3.05, 3.63) is 54.1 Å². The van der Waals surface area contributed by atoms with E-state index >= 15 is 0 Å². The topological polar surface area (TPSA) is 82.1 Å². The zero-order valence-electron chi connectivity index (χ0n) is 17.2. The van der Waals surface area contributed by atoms with Gasteiger partial charge in [-0.15, -0.1) is 0 Å². The molecule has 2 aromatic rings. The largest absolute Gasteiger partial charge is 0.497 e. The molecular formula is C22H27NO6S. The Hall–Kier alpha value is -2.58. The molecule has 8 heteroatoms. The molecule has 1 aliphatic heterocycles. The van der Waals surface area contributed by atoms with Gasteiger partial charge in [-0.25, -0.2) is 8.42 Å². The first-order chi connectivity index (χ1) is 14.4. The van der Waals surface area contributed by atoms with Gasteiger partial charge in [-0.1, -0.05) is 12.1 Å². The summed E-state index contributed by atoms with van der Waals surface area (Å²) in [5, 5.41) is 0. The number of benzene rings is 2. The van der Waals surface area contributed by atoms with Gasteiger partial charge in [0.1, 0.15) is 18.1 Å². The lowest BCUT2D eigenvalue weighted by atomic mass is 9.98. The average Bonchev–Trinajstić information content (AvgIpc) is 2.78. The summed E-state index contributed by atoms with van der Waals surface area (Å²) in [6.07, 6.45) is 0.884. The van der Waals surface area contributed by atoms with Crippen molar-refractivity contribution < 1.29 is 27.4 Å². The molecule has 162 valence electrons. The maximum absolute atomic E-state index is 12.9. The first-order valence-corrected chi connectivity index (χ1v) is 11.4. The number of rotatable bonds is 8. The first-order valence-electron chi connectivity index (χ1n) is 9.96. The molecule has 0 atom stereocenters. The number of methoxy groups -OCH3 is 1. The lowest BCUT2D eigenvalue weighted by Crippen LogP contribution is -2.40. The summed E-state index contributed by atoms with van der Waals surface area (Å²) >= 11 is 0. The molecule has 0 unspecified atom stereocenters. The molecule has 30 heavy (non-hydrogen) atoms. The van der Waals surface area contributed by atoms with E-state index in [2.05, 4.69) is 0 Å². The van der Waals surface area contributed by atoms with Gasteiger partial charge in [0, 0.05) is 13.1 Å². The number of carbonyl (C=O) groups excluding carboxylic acids is 1. The number of esters is 1. The molecule has 2 aromatic carbocycles. The lowest BCUT2D eigenvalue weighted by molar-refractivity contribution is -0.151. The van der Waals surface area contributed by atoms with Crippen LogP contribution >= 0.6 is 0 Å². The Balaban J connectivity index is 1.52. The maximum Gasteiger partial charge on any atom is 0.309 e. The minimum Gasteiger partial charge on any atom is -0.497 e. The molecular weight excluding hydrogens is 406 g/mol. The van der Waals surface area contributed by atoms with Crippen molar-refractivity contribution in [1.29, 1.82) is 0 Å². The lowest BCUT2D eigenvalue weighted by Gasteiger charge is -2.30. The molecule has 0 saturated carbocycles. The molecule has 1 saturated heterocycles. The van der Waals surface area contributed by atoms with Crippen molar-refractivity contribution in [1.82, 2.24) is 4.31 Å². The highest BCUT2D eigenvalue weighted by Crippen LogP contribution is 2.26. The summed E-state index contributed by atoms with van der Waals surface area (Å²) in [4.78, 5) is 12.6. The van der Waals surface area contributed by atoms with Crippen molar-refractivity contribution in [2.24, 2.45) is 5.92 Å². The Bertz CT molecular complexity index is 933. The van der Waals surface area contributed by atoms with E-state index in [0.717, 1.165) is 11.3 Å². The van der Waals surface area contributed by atoms with Crippen LogP contribution in [0.25, 0.3) is 0 Å². The summed E-state index contributed by atoms with van der Waals surface area (Å²) in [6.45, 7) is 3.16. The Kier molecular flexibility index (Phi) is 7.33. The highest BCUT2D eigenvalue weighted by Gasteiger charge is 2.32. The molecule has 7 nitrogen and oxygen atoms in total. The third-order valence-corrected chi connectivity index (χ3v) is 7.01. The molecule has 0 aromatic heterocycles. The fraction of sp³-hybridized carbons (Fsp3) is 0.409. The van der Waals surface area contributed by atoms with E-state index in [4.69, 9.17) is 14.2 Å². The third kappa shape index (κ3) is 5.31. The summed E-state index contributed by atoms with van der Waals surface area (Å²) < 4.78 is 43.0. The van der Waals surface area contributed by atoms with Crippen molar-refractivity contribution in [3.8, 4) is 11.5 Å². The molecule has 0 bridgehead atoms. The van der Waals surface area contributed by atoms with Crippen LogP contribution in [0.2, 0.25) is 0 Å². The summed E-state index contributed by atoms with van der Waals surface area (Å²) in [5.41, 5.74) is 0.875. The summed E-state index contributed by atoms with van der Waals surface area (Å²) in [5.74, 6) is 0.792. The Morgan fingerprint density at radius 1 is 1.00 bits per heavy atom. The van der Waals surface area contributed by atoms with E-state index in [9.17, 15) is 13.2 Å². The molecule has 0 amide bonds. The Morgan fingerprint density at radius 2 is 1.60 bits per heavy atom. The number of hydrogen-bond acceptors (Lipinski definition) is 6. The number of piperidine rings is 1. The number of nitrogens with zero attached hydrogens (tertiary/aromatic N) is 1. The number of sulfonamides is 1. The van der Waals surface area contributed by atoms with Gasteiger partial charge in [0.25, 0.3) is 0 Å². The Morgan fingerprint density at radius 3 is 2.17 bits per heavy atom. The van der Waals surface area contributed by atoms with Gasteiger partial charge in [0.15, 0.2) is 0 Å². The van der Waals surface area contributed by atoms with Crippen LogP contribution in [-0.4, -0.2) is 45.5 Å². The first kappa shape index (κ1) is 22.1. The molecule has 0 spiro atoms. The summed E-state index contributed by atoms with van der Waals surface area (Å²) in [6, 6.07) is 13.7. The monoisotopic (exact) mass is 433 g/mol. The van der Waals surface area contributed by atoms with Crippen LogP contribution < -0.4 is 9.47 Å². The second-order valence-corrected chi connectivity index (χ2v) is 8.98. The van der Waals surface area contributed by atoms with Gasteiger partial charge in [-0.3, -0.25) is 4.79 Å². The van der Waals surface area contributed by atoms with E-state index in [1.54, 1.807) is 31.4 Å². The number of hydrogen-bond donors (Lipinski definition) is 0. The fourth-order valence-corrected chi connectivity index (χ4v) is 4.82. The van der Waals surface area contributed by atoms with Crippen LogP contribution in [0.1, 0.15) is 25.3 Å². The second-order valence-electron chi connectivity index (χ2n) is 7.04. The zero-order valence-corrected chi connectivity index (χ0v) is 18.1. The SMILES string of the molecule is CCOc1ccc(S(=O)(=O)N2CCC(C(=O)OCc3ccc(OC)cc3)CC2)cc1. The average molecular weight is 434 g/mol. The van der Waals surface area contributed by atoms with Crippen molar-refractivity contribution in [2.75, 3.05) is 26.8 Å². The molecule has 3 rings (SSSR count). The van der Waals surface area contributed by atoms with E-state index in [-0.39, 0.29) is 36.5 Å². The quantitative estimate of drug-likeness (QED) is 0.595. The third-order valence-electron chi connectivity index (χ3n) is 5.10. The van der Waals surface area contributed by atoms with E-state index in [0.29, 0.717) is 25.2 Å². The molecule has 1 fully saturated rings. The van der Waals surface area contributed by atoms with Gasteiger partial charge in [-0.2, -0.15) is 4.31 Å². The molecule has 0 radical (unpaired) electrons. The van der Waals surface area contributed by atoms with Gasteiger partial charge in [0.05, 0.1) is 24.5 Å². The minimum atomic E-state index is -3.59. The predicted molar refractivity (Wildman–Crippen MR) is 112 cm³/mol. The Labute approximate surface area is 177 Å². The molecule has 1 aliphatic rings. The normalized spacial score (nSPS) is 15.5. The van der Waals surface area contributed by atoms with Crippen LogP contribution in [0, 0.1) is 5.92 Å². The fourth-order valence-electron chi connectivity index (χ4n) is 3.35. The molecule has 0 N–H and O–H groups in total. The van der Waals surface area contributed by atoms with Crippen LogP contribution in [-0.2, 0) is 26.2 Å². The minimum absolute atomic E-state index is 0.188. The van der Waals surface area contributed by atoms with Crippen molar-refractivity contribution in [3.63, 3.8) is 0 Å². The van der Waals surface area contributed by atoms with Crippen molar-refractivity contribution in [2.45, 2.75) is 31.3 Å². The molecule has 0 aliphatic carbocycles. The highest BCUT2D eigenvalue weighted by atomic mass is 32.2. The van der Waals surface area contributed by atoms with Gasteiger partial charge in [0.2, 0.25) is 10.0 Å².